The number of amides is 1. The highest BCUT2D eigenvalue weighted by molar-refractivity contribution is 6.03. The number of rotatable bonds is 5. The molecule has 2 rings (SSSR count). The first-order valence-electron chi connectivity index (χ1n) is 7.23. The van der Waals surface area contributed by atoms with E-state index in [0.29, 0.717) is 5.69 Å². The van der Waals surface area contributed by atoms with Crippen LogP contribution in [0.2, 0.25) is 0 Å². The molecule has 0 aliphatic heterocycles. The molecule has 1 N–H and O–H groups in total. The van der Waals surface area contributed by atoms with Crippen molar-refractivity contribution in [1.29, 1.82) is 0 Å². The second-order valence-electron chi connectivity index (χ2n) is 4.90. The lowest BCUT2D eigenvalue weighted by atomic mass is 10.2. The van der Waals surface area contributed by atoms with Gasteiger partial charge in [-0.1, -0.05) is 12.1 Å². The lowest BCUT2D eigenvalue weighted by Crippen LogP contribution is -2.23. The van der Waals surface area contributed by atoms with Gasteiger partial charge in [-0.15, -0.1) is 0 Å². The van der Waals surface area contributed by atoms with Crippen LogP contribution in [0, 0.1) is 6.92 Å². The van der Waals surface area contributed by atoms with Gasteiger partial charge in [0.05, 0.1) is 0 Å². The highest BCUT2D eigenvalue weighted by atomic mass is 16.1. The fraction of sp³-hybridized carbons (Fsp3) is 0.294. The number of aryl methyl sites for hydroxylation is 1. The second-order valence-corrected chi connectivity index (χ2v) is 4.90. The van der Waals surface area contributed by atoms with Gasteiger partial charge in [0.1, 0.15) is 5.69 Å². The lowest BCUT2D eigenvalue weighted by Gasteiger charge is -2.21. The molecule has 1 heterocycles. The number of pyridine rings is 1. The van der Waals surface area contributed by atoms with Gasteiger partial charge < -0.3 is 10.2 Å². The number of carbonyl (C=O) groups excluding carboxylic acids is 1. The Kier molecular flexibility index (Phi) is 4.93. The molecule has 4 heteroatoms. The van der Waals surface area contributed by atoms with Gasteiger partial charge in [0, 0.05) is 30.7 Å². The quantitative estimate of drug-likeness (QED) is 0.913. The van der Waals surface area contributed by atoms with Crippen molar-refractivity contribution in [2.24, 2.45) is 0 Å². The number of nitrogens with one attached hydrogen (secondary N) is 1. The van der Waals surface area contributed by atoms with Crippen LogP contribution in [-0.4, -0.2) is 24.0 Å². The maximum absolute atomic E-state index is 12.3. The Morgan fingerprint density at radius 3 is 2.62 bits per heavy atom. The summed E-state index contributed by atoms with van der Waals surface area (Å²) < 4.78 is 0. The molecule has 0 saturated heterocycles. The number of aromatic nitrogens is 1. The molecule has 110 valence electrons. The van der Waals surface area contributed by atoms with Crippen LogP contribution in [0.25, 0.3) is 0 Å². The SMILES string of the molecule is CCN(CC)c1ccnc(C(=O)Nc2cccc(C)c2)c1. The molecule has 1 amide bonds. The fourth-order valence-corrected chi connectivity index (χ4v) is 2.25. The topological polar surface area (TPSA) is 45.2 Å². The van der Waals surface area contributed by atoms with E-state index in [2.05, 4.69) is 29.0 Å². The minimum Gasteiger partial charge on any atom is -0.372 e. The first-order valence-corrected chi connectivity index (χ1v) is 7.23. The van der Waals surface area contributed by atoms with Crippen molar-refractivity contribution in [3.05, 3.63) is 53.9 Å². The molecular formula is C17H21N3O. The average molecular weight is 283 g/mol. The molecule has 2 aromatic rings. The van der Waals surface area contributed by atoms with Gasteiger partial charge in [0.2, 0.25) is 0 Å². The third kappa shape index (κ3) is 3.81. The van der Waals surface area contributed by atoms with Gasteiger partial charge in [-0.2, -0.15) is 0 Å². The normalized spacial score (nSPS) is 10.2. The highest BCUT2D eigenvalue weighted by Gasteiger charge is 2.10. The summed E-state index contributed by atoms with van der Waals surface area (Å²) in [5.41, 5.74) is 3.35. The van der Waals surface area contributed by atoms with Crippen molar-refractivity contribution in [2.75, 3.05) is 23.3 Å². The van der Waals surface area contributed by atoms with E-state index in [9.17, 15) is 4.79 Å². The van der Waals surface area contributed by atoms with Crippen molar-refractivity contribution >= 4 is 17.3 Å². The zero-order valence-electron chi connectivity index (χ0n) is 12.8. The molecule has 0 aliphatic rings. The summed E-state index contributed by atoms with van der Waals surface area (Å²) in [6.07, 6.45) is 1.68. The zero-order chi connectivity index (χ0) is 15.2. The maximum Gasteiger partial charge on any atom is 0.274 e. The molecule has 0 saturated carbocycles. The Bertz CT molecular complexity index is 621. The smallest absolute Gasteiger partial charge is 0.274 e. The van der Waals surface area contributed by atoms with Crippen LogP contribution in [-0.2, 0) is 0 Å². The van der Waals surface area contributed by atoms with Crippen molar-refractivity contribution in [3.63, 3.8) is 0 Å². The van der Waals surface area contributed by atoms with Crippen LogP contribution < -0.4 is 10.2 Å². The van der Waals surface area contributed by atoms with E-state index in [1.54, 1.807) is 6.20 Å². The molecule has 0 aliphatic carbocycles. The molecule has 0 spiro atoms. The summed E-state index contributed by atoms with van der Waals surface area (Å²) in [7, 11) is 0. The largest absolute Gasteiger partial charge is 0.372 e. The summed E-state index contributed by atoms with van der Waals surface area (Å²) in [5.74, 6) is -0.186. The van der Waals surface area contributed by atoms with Crippen molar-refractivity contribution < 1.29 is 4.79 Å². The summed E-state index contributed by atoms with van der Waals surface area (Å²) in [5, 5.41) is 2.88. The Labute approximate surface area is 125 Å². The Morgan fingerprint density at radius 1 is 1.19 bits per heavy atom. The molecule has 0 bridgehead atoms. The van der Waals surface area contributed by atoms with Gasteiger partial charge in [0.15, 0.2) is 0 Å². The molecule has 4 nitrogen and oxygen atoms in total. The molecule has 0 atom stereocenters. The number of hydrogen-bond acceptors (Lipinski definition) is 3. The molecule has 1 aromatic carbocycles. The maximum atomic E-state index is 12.3. The summed E-state index contributed by atoms with van der Waals surface area (Å²) in [4.78, 5) is 18.6. The standard InChI is InChI=1S/C17H21N3O/c1-4-20(5-2)15-9-10-18-16(12-15)17(21)19-14-8-6-7-13(3)11-14/h6-12H,4-5H2,1-3H3,(H,19,21). The predicted molar refractivity (Wildman–Crippen MR) is 86.9 cm³/mol. The summed E-state index contributed by atoms with van der Waals surface area (Å²) in [6.45, 7) is 7.99. The molecular weight excluding hydrogens is 262 g/mol. The van der Waals surface area contributed by atoms with Gasteiger partial charge in [-0.3, -0.25) is 9.78 Å². The zero-order valence-corrected chi connectivity index (χ0v) is 12.8. The van der Waals surface area contributed by atoms with E-state index < -0.39 is 0 Å². The van der Waals surface area contributed by atoms with E-state index >= 15 is 0 Å². The minimum atomic E-state index is -0.186. The van der Waals surface area contributed by atoms with Gasteiger partial charge >= 0.3 is 0 Å². The van der Waals surface area contributed by atoms with E-state index in [1.165, 1.54) is 0 Å². The molecule has 0 unspecified atom stereocenters. The van der Waals surface area contributed by atoms with Crippen LogP contribution in [0.1, 0.15) is 29.9 Å². The van der Waals surface area contributed by atoms with Gasteiger partial charge in [-0.25, -0.2) is 0 Å². The summed E-state index contributed by atoms with van der Waals surface area (Å²) >= 11 is 0. The fourth-order valence-electron chi connectivity index (χ4n) is 2.25. The molecule has 21 heavy (non-hydrogen) atoms. The third-order valence-corrected chi connectivity index (χ3v) is 3.38. The van der Waals surface area contributed by atoms with Gasteiger partial charge in [-0.05, 0) is 50.6 Å². The van der Waals surface area contributed by atoms with Crippen molar-refractivity contribution in [3.8, 4) is 0 Å². The predicted octanol–water partition coefficient (Wildman–Crippen LogP) is 3.49. The minimum absolute atomic E-state index is 0.186. The van der Waals surface area contributed by atoms with Crippen molar-refractivity contribution in [1.82, 2.24) is 4.98 Å². The first kappa shape index (κ1) is 15.0. The van der Waals surface area contributed by atoms with E-state index in [-0.39, 0.29) is 5.91 Å². The van der Waals surface area contributed by atoms with E-state index in [1.807, 2.05) is 43.3 Å². The first-order chi connectivity index (χ1) is 10.1. The van der Waals surface area contributed by atoms with Crippen LogP contribution >= 0.6 is 0 Å². The molecule has 1 aromatic heterocycles. The number of carbonyl (C=O) groups is 1. The summed E-state index contributed by atoms with van der Waals surface area (Å²) in [6, 6.07) is 11.5. The second kappa shape index (κ2) is 6.88. The number of hydrogen-bond donors (Lipinski definition) is 1. The lowest BCUT2D eigenvalue weighted by molar-refractivity contribution is 0.102. The third-order valence-electron chi connectivity index (χ3n) is 3.38. The highest BCUT2D eigenvalue weighted by Crippen LogP contribution is 2.16. The van der Waals surface area contributed by atoms with Crippen LogP contribution in [0.15, 0.2) is 42.6 Å². The Balaban J connectivity index is 2.18. The average Bonchev–Trinajstić information content (AvgIpc) is 2.49. The number of anilines is 2. The molecule has 0 radical (unpaired) electrons. The van der Waals surface area contributed by atoms with Crippen molar-refractivity contribution in [2.45, 2.75) is 20.8 Å². The Morgan fingerprint density at radius 2 is 1.95 bits per heavy atom. The van der Waals surface area contributed by atoms with Gasteiger partial charge in [0.25, 0.3) is 5.91 Å². The van der Waals surface area contributed by atoms with Crippen LogP contribution in [0.4, 0.5) is 11.4 Å². The monoisotopic (exact) mass is 283 g/mol. The van der Waals surface area contributed by atoms with E-state index in [0.717, 1.165) is 30.0 Å². The van der Waals surface area contributed by atoms with Crippen LogP contribution in [0.5, 0.6) is 0 Å². The Hall–Kier alpha value is -2.36. The van der Waals surface area contributed by atoms with E-state index in [4.69, 9.17) is 0 Å². The number of benzene rings is 1. The molecule has 0 fully saturated rings. The van der Waals surface area contributed by atoms with Crippen LogP contribution in [0.3, 0.4) is 0 Å². The number of nitrogens with zero attached hydrogens (tertiary/aromatic N) is 2.